The van der Waals surface area contributed by atoms with Gasteiger partial charge in [-0.05, 0) is 55.7 Å². The Bertz CT molecular complexity index is 593. The lowest BCUT2D eigenvalue weighted by molar-refractivity contribution is 0.196. The highest BCUT2D eigenvalue weighted by Gasteiger charge is 2.13. The van der Waals surface area contributed by atoms with Crippen molar-refractivity contribution in [2.24, 2.45) is 0 Å². The van der Waals surface area contributed by atoms with E-state index < -0.39 is 6.10 Å². The molecule has 1 nitrogen and oxygen atoms in total. The number of halogens is 1. The Morgan fingerprint density at radius 2 is 1.74 bits per heavy atom. The minimum Gasteiger partial charge on any atom is -0.389 e. The maximum Gasteiger partial charge on any atom is 0.126 e. The van der Waals surface area contributed by atoms with Crippen molar-refractivity contribution in [1.82, 2.24) is 0 Å². The van der Waals surface area contributed by atoms with E-state index in [0.29, 0.717) is 11.1 Å². The van der Waals surface area contributed by atoms with Crippen LogP contribution in [0.1, 0.15) is 29.7 Å². The molecule has 0 aromatic heterocycles. The Kier molecular flexibility index (Phi) is 4.27. The Balaban J connectivity index is 2.45. The third-order valence-corrected chi connectivity index (χ3v) is 4.31. The fourth-order valence-electron chi connectivity index (χ4n) is 1.87. The number of benzene rings is 2. The molecule has 1 atom stereocenters. The second-order valence-corrected chi connectivity index (χ2v) is 5.77. The lowest BCUT2D eigenvalue weighted by atomic mass is 10.1. The van der Waals surface area contributed by atoms with Gasteiger partial charge < -0.3 is 5.11 Å². The fraction of sp³-hybridized carbons (Fsp3) is 0.250. The topological polar surface area (TPSA) is 20.2 Å². The molecule has 0 aliphatic heterocycles. The van der Waals surface area contributed by atoms with Crippen molar-refractivity contribution >= 4 is 11.8 Å². The van der Waals surface area contributed by atoms with Crippen LogP contribution in [-0.4, -0.2) is 5.11 Å². The van der Waals surface area contributed by atoms with Gasteiger partial charge in [0.05, 0.1) is 6.10 Å². The van der Waals surface area contributed by atoms with Crippen LogP contribution in [0.25, 0.3) is 0 Å². The Labute approximate surface area is 117 Å². The van der Waals surface area contributed by atoms with E-state index in [9.17, 15) is 9.50 Å². The predicted molar refractivity (Wildman–Crippen MR) is 77.1 cm³/mol. The summed E-state index contributed by atoms with van der Waals surface area (Å²) in [4.78, 5) is 2.03. The van der Waals surface area contributed by atoms with Gasteiger partial charge in [0.1, 0.15) is 5.82 Å². The minimum atomic E-state index is -0.679. The summed E-state index contributed by atoms with van der Waals surface area (Å²) < 4.78 is 13.6. The van der Waals surface area contributed by atoms with E-state index in [0.717, 1.165) is 9.79 Å². The molecule has 2 aromatic carbocycles. The van der Waals surface area contributed by atoms with Crippen LogP contribution in [0.5, 0.6) is 0 Å². The van der Waals surface area contributed by atoms with Crippen molar-refractivity contribution in [1.29, 1.82) is 0 Å². The van der Waals surface area contributed by atoms with Crippen LogP contribution >= 0.6 is 11.8 Å². The zero-order valence-corrected chi connectivity index (χ0v) is 12.1. The van der Waals surface area contributed by atoms with Gasteiger partial charge in [-0.3, -0.25) is 0 Å². The number of aliphatic hydroxyl groups excluding tert-OH is 1. The molecule has 0 spiro atoms. The molecular formula is C16H17FOS. The fourth-order valence-corrected chi connectivity index (χ4v) is 3.07. The molecule has 0 saturated carbocycles. The van der Waals surface area contributed by atoms with Gasteiger partial charge in [-0.1, -0.05) is 30.0 Å². The summed E-state index contributed by atoms with van der Waals surface area (Å²) in [5.41, 5.74) is 2.41. The highest BCUT2D eigenvalue weighted by molar-refractivity contribution is 7.99. The number of aliphatic hydroxyl groups is 1. The van der Waals surface area contributed by atoms with Gasteiger partial charge in [-0.2, -0.15) is 0 Å². The van der Waals surface area contributed by atoms with E-state index in [1.54, 1.807) is 31.7 Å². The minimum absolute atomic E-state index is 0.273. The predicted octanol–water partition coefficient (Wildman–Crippen LogP) is 4.65. The lowest BCUT2D eigenvalue weighted by Gasteiger charge is -2.14. The molecule has 1 N–H and O–H groups in total. The van der Waals surface area contributed by atoms with Gasteiger partial charge in [0.2, 0.25) is 0 Å². The smallest absolute Gasteiger partial charge is 0.126 e. The van der Waals surface area contributed by atoms with Gasteiger partial charge in [0.15, 0.2) is 0 Å². The van der Waals surface area contributed by atoms with Gasteiger partial charge in [0, 0.05) is 9.79 Å². The Morgan fingerprint density at radius 3 is 2.37 bits per heavy atom. The van der Waals surface area contributed by atoms with Gasteiger partial charge in [-0.15, -0.1) is 0 Å². The number of hydrogen-bond acceptors (Lipinski definition) is 2. The molecule has 0 aliphatic carbocycles. The standard InChI is InChI=1S/C16H17FOS/c1-10-6-4-5-7-15(10)19-16-8-11(2)14(17)9-13(16)12(3)18/h4-9,12,18H,1-3H3/t12-/m1/s1. The van der Waals surface area contributed by atoms with Crippen LogP contribution in [0.4, 0.5) is 4.39 Å². The Hall–Kier alpha value is -1.32. The van der Waals surface area contributed by atoms with Crippen molar-refractivity contribution in [2.45, 2.75) is 36.7 Å². The molecule has 2 aromatic rings. The number of hydrogen-bond donors (Lipinski definition) is 1. The van der Waals surface area contributed by atoms with Crippen molar-refractivity contribution < 1.29 is 9.50 Å². The average Bonchev–Trinajstić information content (AvgIpc) is 2.36. The third kappa shape index (κ3) is 3.17. The Morgan fingerprint density at radius 1 is 1.05 bits per heavy atom. The zero-order chi connectivity index (χ0) is 14.0. The molecule has 19 heavy (non-hydrogen) atoms. The number of rotatable bonds is 3. The van der Waals surface area contributed by atoms with E-state index in [1.807, 2.05) is 31.2 Å². The molecule has 0 unspecified atom stereocenters. The zero-order valence-electron chi connectivity index (χ0n) is 11.3. The molecular weight excluding hydrogens is 259 g/mol. The van der Waals surface area contributed by atoms with Crippen molar-refractivity contribution in [3.8, 4) is 0 Å². The maximum atomic E-state index is 13.6. The quantitative estimate of drug-likeness (QED) is 0.880. The third-order valence-electron chi connectivity index (χ3n) is 3.05. The first-order valence-electron chi connectivity index (χ1n) is 6.20. The van der Waals surface area contributed by atoms with Crippen LogP contribution in [0, 0.1) is 19.7 Å². The second-order valence-electron chi connectivity index (χ2n) is 4.68. The van der Waals surface area contributed by atoms with Gasteiger partial charge in [-0.25, -0.2) is 4.39 Å². The van der Waals surface area contributed by atoms with Crippen LogP contribution < -0.4 is 0 Å². The van der Waals surface area contributed by atoms with E-state index in [-0.39, 0.29) is 5.82 Å². The molecule has 0 saturated heterocycles. The molecule has 0 radical (unpaired) electrons. The van der Waals surface area contributed by atoms with E-state index >= 15 is 0 Å². The summed E-state index contributed by atoms with van der Waals surface area (Å²) in [6.45, 7) is 5.44. The van der Waals surface area contributed by atoms with Crippen LogP contribution in [-0.2, 0) is 0 Å². The lowest BCUT2D eigenvalue weighted by Crippen LogP contribution is -1.97. The SMILES string of the molecule is Cc1cc(Sc2ccccc2C)c([C@@H](C)O)cc1F. The molecule has 2 rings (SSSR count). The first-order valence-corrected chi connectivity index (χ1v) is 7.02. The number of aryl methyl sites for hydroxylation is 2. The summed E-state index contributed by atoms with van der Waals surface area (Å²) in [5, 5.41) is 9.79. The maximum absolute atomic E-state index is 13.6. The summed E-state index contributed by atoms with van der Waals surface area (Å²) in [5.74, 6) is -0.273. The first-order chi connectivity index (χ1) is 8.99. The van der Waals surface area contributed by atoms with Crippen LogP contribution in [0.3, 0.4) is 0 Å². The summed E-state index contributed by atoms with van der Waals surface area (Å²) in [7, 11) is 0. The van der Waals surface area contributed by atoms with Gasteiger partial charge in [0.25, 0.3) is 0 Å². The summed E-state index contributed by atoms with van der Waals surface area (Å²) in [6.07, 6.45) is -0.679. The molecule has 100 valence electrons. The summed E-state index contributed by atoms with van der Waals surface area (Å²) >= 11 is 1.57. The van der Waals surface area contributed by atoms with E-state index in [1.165, 1.54) is 11.6 Å². The van der Waals surface area contributed by atoms with Crippen LogP contribution in [0.2, 0.25) is 0 Å². The molecule has 0 aliphatic rings. The average molecular weight is 276 g/mol. The van der Waals surface area contributed by atoms with E-state index in [4.69, 9.17) is 0 Å². The van der Waals surface area contributed by atoms with Crippen molar-refractivity contribution in [3.05, 3.63) is 58.9 Å². The highest BCUT2D eigenvalue weighted by Crippen LogP contribution is 2.36. The summed E-state index contributed by atoms with van der Waals surface area (Å²) in [6, 6.07) is 11.3. The largest absolute Gasteiger partial charge is 0.389 e. The highest BCUT2D eigenvalue weighted by atomic mass is 32.2. The second kappa shape index (κ2) is 5.76. The first kappa shape index (κ1) is 14.1. The van der Waals surface area contributed by atoms with Gasteiger partial charge >= 0.3 is 0 Å². The van der Waals surface area contributed by atoms with E-state index in [2.05, 4.69) is 0 Å². The van der Waals surface area contributed by atoms with Crippen LogP contribution in [0.15, 0.2) is 46.2 Å². The van der Waals surface area contributed by atoms with Crippen molar-refractivity contribution in [3.63, 3.8) is 0 Å². The molecule has 3 heteroatoms. The van der Waals surface area contributed by atoms with Crippen molar-refractivity contribution in [2.75, 3.05) is 0 Å². The molecule has 0 fully saturated rings. The molecule has 0 heterocycles. The normalized spacial score (nSPS) is 12.5. The monoisotopic (exact) mass is 276 g/mol. The molecule has 0 amide bonds. The molecule has 0 bridgehead atoms.